The molecule has 102 valence electrons. The van der Waals surface area contributed by atoms with Gasteiger partial charge in [-0.1, -0.05) is 6.07 Å². The molecule has 1 atom stereocenters. The highest BCUT2D eigenvalue weighted by molar-refractivity contribution is 9.10. The van der Waals surface area contributed by atoms with E-state index >= 15 is 0 Å². The molecule has 1 aromatic heterocycles. The average molecular weight is 345 g/mol. The van der Waals surface area contributed by atoms with E-state index in [2.05, 4.69) is 21.0 Å². The zero-order valence-corrected chi connectivity index (χ0v) is 13.1. The summed E-state index contributed by atoms with van der Waals surface area (Å²) in [4.78, 5) is 0.494. The van der Waals surface area contributed by atoms with Crippen LogP contribution in [-0.2, 0) is 23.1 Å². The van der Waals surface area contributed by atoms with Crippen LogP contribution in [0.3, 0.4) is 0 Å². The summed E-state index contributed by atoms with van der Waals surface area (Å²) in [6.45, 7) is 4.58. The third kappa shape index (κ3) is 3.12. The van der Waals surface area contributed by atoms with Gasteiger partial charge in [-0.25, -0.2) is 4.39 Å². The molecule has 1 heterocycles. The minimum Gasteiger partial charge on any atom is -0.267 e. The Bertz CT molecular complexity index is 627. The maximum atomic E-state index is 13.1. The molecule has 0 bridgehead atoms. The van der Waals surface area contributed by atoms with E-state index in [9.17, 15) is 8.60 Å². The predicted octanol–water partition coefficient (Wildman–Crippen LogP) is 3.42. The number of aromatic nitrogens is 2. The largest absolute Gasteiger partial charge is 0.267 e. The minimum atomic E-state index is -1.28. The summed E-state index contributed by atoms with van der Waals surface area (Å²) in [5.41, 5.74) is 1.75. The van der Waals surface area contributed by atoms with Crippen LogP contribution in [0.2, 0.25) is 0 Å². The Balaban J connectivity index is 2.29. The van der Waals surface area contributed by atoms with Gasteiger partial charge in [0.15, 0.2) is 0 Å². The molecule has 0 aliphatic heterocycles. The van der Waals surface area contributed by atoms with Crippen molar-refractivity contribution in [2.45, 2.75) is 31.0 Å². The van der Waals surface area contributed by atoms with Gasteiger partial charge in [-0.3, -0.25) is 8.89 Å². The number of hydrogen-bond donors (Lipinski definition) is 0. The van der Waals surface area contributed by atoms with Crippen LogP contribution >= 0.6 is 15.9 Å². The molecule has 0 spiro atoms. The van der Waals surface area contributed by atoms with E-state index in [4.69, 9.17) is 0 Å². The Morgan fingerprint density at radius 3 is 2.84 bits per heavy atom. The Morgan fingerprint density at radius 1 is 1.47 bits per heavy atom. The topological polar surface area (TPSA) is 34.9 Å². The summed E-state index contributed by atoms with van der Waals surface area (Å²) < 4.78 is 28.1. The lowest BCUT2D eigenvalue weighted by Gasteiger charge is -2.06. The second-order valence-electron chi connectivity index (χ2n) is 4.11. The zero-order valence-electron chi connectivity index (χ0n) is 10.7. The quantitative estimate of drug-likeness (QED) is 0.851. The van der Waals surface area contributed by atoms with Gasteiger partial charge in [0.1, 0.15) is 5.82 Å². The van der Waals surface area contributed by atoms with Crippen LogP contribution in [0.1, 0.15) is 18.3 Å². The molecule has 2 rings (SSSR count). The predicted molar refractivity (Wildman–Crippen MR) is 76.9 cm³/mol. The molecule has 0 amide bonds. The molecule has 19 heavy (non-hydrogen) atoms. The van der Waals surface area contributed by atoms with Crippen LogP contribution in [0.5, 0.6) is 0 Å². The van der Waals surface area contributed by atoms with Gasteiger partial charge in [0.05, 0.1) is 32.4 Å². The lowest BCUT2D eigenvalue weighted by atomic mass is 10.3. The Kier molecular flexibility index (Phi) is 4.52. The lowest BCUT2D eigenvalue weighted by Crippen LogP contribution is -2.06. The van der Waals surface area contributed by atoms with Crippen LogP contribution in [0.25, 0.3) is 0 Å². The van der Waals surface area contributed by atoms with Crippen molar-refractivity contribution in [1.82, 2.24) is 9.78 Å². The molecule has 0 aliphatic carbocycles. The van der Waals surface area contributed by atoms with Gasteiger partial charge < -0.3 is 0 Å². The lowest BCUT2D eigenvalue weighted by molar-refractivity contribution is 0.620. The molecule has 1 unspecified atom stereocenters. The summed E-state index contributed by atoms with van der Waals surface area (Å²) >= 11 is 3.47. The van der Waals surface area contributed by atoms with Crippen LogP contribution in [0.15, 0.2) is 33.6 Å². The Hall–Kier alpha value is -1.01. The molecule has 3 nitrogen and oxygen atoms in total. The highest BCUT2D eigenvalue weighted by Crippen LogP contribution is 2.24. The maximum absolute atomic E-state index is 13.1. The van der Waals surface area contributed by atoms with Gasteiger partial charge in [0, 0.05) is 11.4 Å². The molecule has 0 saturated carbocycles. The van der Waals surface area contributed by atoms with Gasteiger partial charge >= 0.3 is 0 Å². The first-order chi connectivity index (χ1) is 9.02. The second-order valence-corrected chi connectivity index (χ2v) is 6.35. The van der Waals surface area contributed by atoms with Crippen molar-refractivity contribution >= 4 is 26.7 Å². The van der Waals surface area contributed by atoms with Crippen molar-refractivity contribution < 1.29 is 8.60 Å². The third-order valence-corrected chi connectivity index (χ3v) is 5.13. The first kappa shape index (κ1) is 14.4. The van der Waals surface area contributed by atoms with Gasteiger partial charge in [0.25, 0.3) is 0 Å². The number of benzene rings is 1. The molecule has 1 aromatic carbocycles. The minimum absolute atomic E-state index is 0.318. The van der Waals surface area contributed by atoms with Crippen molar-refractivity contribution in [3.8, 4) is 0 Å². The number of hydrogen-bond acceptors (Lipinski definition) is 2. The van der Waals surface area contributed by atoms with Gasteiger partial charge in [-0.15, -0.1) is 0 Å². The van der Waals surface area contributed by atoms with Crippen molar-refractivity contribution in [3.05, 3.63) is 45.9 Å². The van der Waals surface area contributed by atoms with Crippen molar-refractivity contribution in [2.75, 3.05) is 0 Å². The summed E-state index contributed by atoms with van der Waals surface area (Å²) in [6.07, 6.45) is 0. The Morgan fingerprint density at radius 2 is 2.21 bits per heavy atom. The number of nitrogens with zero attached hydrogens (tertiary/aromatic N) is 2. The van der Waals surface area contributed by atoms with E-state index in [0.717, 1.165) is 15.9 Å². The molecule has 6 heteroatoms. The number of halogens is 2. The van der Waals surface area contributed by atoms with Crippen molar-refractivity contribution in [3.63, 3.8) is 0 Å². The summed E-state index contributed by atoms with van der Waals surface area (Å²) in [6, 6.07) is 5.90. The summed E-state index contributed by atoms with van der Waals surface area (Å²) in [7, 11) is -1.28. The fourth-order valence-corrected chi connectivity index (χ4v) is 3.62. The van der Waals surface area contributed by atoms with Crippen LogP contribution in [0.4, 0.5) is 4.39 Å². The van der Waals surface area contributed by atoms with Crippen molar-refractivity contribution in [1.29, 1.82) is 0 Å². The van der Waals surface area contributed by atoms with Crippen LogP contribution < -0.4 is 0 Å². The smallest absolute Gasteiger partial charge is 0.124 e. The van der Waals surface area contributed by atoms with E-state index in [1.165, 1.54) is 12.1 Å². The average Bonchev–Trinajstić information content (AvgIpc) is 2.66. The monoisotopic (exact) mass is 344 g/mol. The van der Waals surface area contributed by atoms with Crippen LogP contribution in [-0.4, -0.2) is 14.0 Å². The number of aryl methyl sites for hydroxylation is 2. The first-order valence-corrected chi connectivity index (χ1v) is 7.99. The van der Waals surface area contributed by atoms with E-state index in [-0.39, 0.29) is 5.82 Å². The highest BCUT2D eigenvalue weighted by atomic mass is 79.9. The fraction of sp³-hybridized carbons (Fsp3) is 0.308. The molecule has 0 N–H and O–H groups in total. The summed E-state index contributed by atoms with van der Waals surface area (Å²) in [5, 5.41) is 4.35. The summed E-state index contributed by atoms with van der Waals surface area (Å²) in [5.74, 6) is -0.0521. The van der Waals surface area contributed by atoms with Crippen molar-refractivity contribution in [2.24, 2.45) is 0 Å². The van der Waals surface area contributed by atoms with Gasteiger partial charge in [-0.2, -0.15) is 5.10 Å². The van der Waals surface area contributed by atoms with E-state index in [1.54, 1.807) is 12.1 Å². The molecule has 0 saturated heterocycles. The Labute approximate surface area is 122 Å². The number of rotatable bonds is 4. The molecule has 0 radical (unpaired) electrons. The standard InChI is InChI=1S/C13H14BrFN2OS/c1-3-17-12(13(14)9(2)16-17)8-19(18)11-6-4-5-10(15)7-11/h4-7H,3,8H2,1-2H3. The molecule has 0 fully saturated rings. The van der Waals surface area contributed by atoms with Gasteiger partial charge in [-0.05, 0) is 48.0 Å². The maximum Gasteiger partial charge on any atom is 0.124 e. The van der Waals surface area contributed by atoms with E-state index in [1.807, 2.05) is 18.5 Å². The molecular formula is C13H14BrFN2OS. The fourth-order valence-electron chi connectivity index (χ4n) is 1.82. The second kappa shape index (κ2) is 5.96. The normalized spacial score (nSPS) is 12.6. The van der Waals surface area contributed by atoms with Gasteiger partial charge in [0.2, 0.25) is 0 Å². The SMILES string of the molecule is CCn1nc(C)c(Br)c1CS(=O)c1cccc(F)c1. The van der Waals surface area contributed by atoms with E-state index < -0.39 is 10.8 Å². The zero-order chi connectivity index (χ0) is 14.0. The molecule has 2 aromatic rings. The molecular weight excluding hydrogens is 331 g/mol. The van der Waals surface area contributed by atoms with Crippen LogP contribution in [0, 0.1) is 12.7 Å². The first-order valence-electron chi connectivity index (χ1n) is 5.88. The van der Waals surface area contributed by atoms with E-state index in [0.29, 0.717) is 17.2 Å². The molecule has 0 aliphatic rings. The highest BCUT2D eigenvalue weighted by Gasteiger charge is 2.16. The third-order valence-electron chi connectivity index (χ3n) is 2.78.